The first-order valence-electron chi connectivity index (χ1n) is 45.1. The fraction of sp³-hybridized carbons (Fsp3) is 0.906. The maximum Gasteiger partial charge on any atom is 0.364 e. The number of hydrogen-bond acceptors (Lipinski definition) is 34. The lowest BCUT2D eigenvalue weighted by molar-refractivity contribution is -0.405. The summed E-state index contributed by atoms with van der Waals surface area (Å²) in [5.41, 5.74) is 0. The van der Waals surface area contributed by atoms with Gasteiger partial charge in [0, 0.05) is 26.7 Å². The van der Waals surface area contributed by atoms with Crippen molar-refractivity contribution in [3.8, 4) is 0 Å². The zero-order valence-electron chi connectivity index (χ0n) is 72.4. The quantitative estimate of drug-likeness (QED) is 0.0280. The van der Waals surface area contributed by atoms with Crippen molar-refractivity contribution in [1.82, 2.24) is 16.0 Å². The zero-order valence-corrected chi connectivity index (χ0v) is 72.4. The van der Waals surface area contributed by atoms with Gasteiger partial charge in [0.05, 0.1) is 70.0 Å². The van der Waals surface area contributed by atoms with Gasteiger partial charge in [-0.15, -0.1) is 0 Å². The lowest BCUT2D eigenvalue weighted by Gasteiger charge is -2.53. The standard InChI is InChI=1S/C85H151N3O35/c1-6-8-10-12-14-16-18-20-21-22-23-24-25-26-27-29-31-33-35-37-39-41-60(99)88-52(53(96)40-38-36-34-32-30-28-19-17-15-13-11-9-7-2)48-112-80-71(108)69(106)73(58(46-92)116-80)118-82-72(109)77(123-85(84(110)111)42-54(97)61(86-50(4)94)76(122-85)64(101)55(98)43-89)74(59(47-93)117-82)119-79-62(87-51(5)95)75(66(103)57(45-91)114-79)120-83-78(68(105)65(102)56(44-90)115-83)121-81-70(107)67(104)63(100)49(3)113-81/h20-21,38,40,49,52-59,61-83,89-93,96-98,100-109H,6-19,22-37,39,41-48H2,1-5H3,(H,86,94)(H,87,95)(H,88,99)(H,110,111)/b21-20-,40-38+/t49?,52-,53+,54?,55+,56?,57?,58?,59?,61+,62?,63+,64+,65-,66-,67?,68-,69+,70-,71?,72?,73+,74-,75+,76?,77+,78?,79-,80+,81+,82-,83-,85-/m0/s1. The zero-order chi connectivity index (χ0) is 90.3. The Balaban J connectivity index is 1.22. The van der Waals surface area contributed by atoms with Gasteiger partial charge in [0.15, 0.2) is 31.5 Å². The normalized spacial score (nSPS) is 35.5. The molecule has 716 valence electrons. The first-order valence-corrected chi connectivity index (χ1v) is 45.1. The van der Waals surface area contributed by atoms with Crippen molar-refractivity contribution in [3.05, 3.63) is 24.3 Å². The van der Waals surface area contributed by atoms with E-state index in [0.717, 1.165) is 84.5 Å². The summed E-state index contributed by atoms with van der Waals surface area (Å²) in [5.74, 6) is -7.89. The third-order valence-corrected chi connectivity index (χ3v) is 23.8. The largest absolute Gasteiger partial charge is 0.477 e. The van der Waals surface area contributed by atoms with Crippen molar-refractivity contribution < 1.29 is 173 Å². The molecular formula is C85H151N3O35. The number of hydrogen-bond donors (Lipinski definition) is 22. The van der Waals surface area contributed by atoms with Crippen molar-refractivity contribution in [2.45, 2.75) is 448 Å². The highest BCUT2D eigenvalue weighted by Gasteiger charge is 2.63. The molecule has 6 saturated heterocycles. The first-order chi connectivity index (χ1) is 59.0. The van der Waals surface area contributed by atoms with E-state index in [1.54, 1.807) is 6.08 Å². The molecule has 3 amide bonds. The Hall–Kier alpha value is -3.84. The number of nitrogens with one attached hydrogen (secondary N) is 3. The third-order valence-electron chi connectivity index (χ3n) is 23.8. The van der Waals surface area contributed by atoms with Crippen molar-refractivity contribution in [1.29, 1.82) is 0 Å². The van der Waals surface area contributed by atoms with Crippen LogP contribution in [0.1, 0.15) is 247 Å². The molecule has 6 aliphatic heterocycles. The molecule has 0 aromatic carbocycles. The monoisotopic (exact) mass is 1770 g/mol. The number of ether oxygens (including phenoxy) is 12. The van der Waals surface area contributed by atoms with Gasteiger partial charge < -0.3 is 170 Å². The van der Waals surface area contributed by atoms with E-state index in [2.05, 4.69) is 41.9 Å². The van der Waals surface area contributed by atoms with E-state index >= 15 is 0 Å². The second kappa shape index (κ2) is 57.4. The van der Waals surface area contributed by atoms with Crippen LogP contribution < -0.4 is 16.0 Å². The molecule has 123 heavy (non-hydrogen) atoms. The van der Waals surface area contributed by atoms with Gasteiger partial charge in [0.2, 0.25) is 17.7 Å². The number of carbonyl (C=O) groups is 4. The summed E-state index contributed by atoms with van der Waals surface area (Å²) < 4.78 is 72.7. The molecule has 33 atom stereocenters. The summed E-state index contributed by atoms with van der Waals surface area (Å²) in [7, 11) is 0. The van der Waals surface area contributed by atoms with E-state index in [-0.39, 0.29) is 6.42 Å². The summed E-state index contributed by atoms with van der Waals surface area (Å²) in [4.78, 5) is 53.8. The number of carbonyl (C=O) groups excluding carboxylic acids is 3. The average Bonchev–Trinajstić information content (AvgIpc) is 0.746. The average molecular weight is 1780 g/mol. The second-order valence-electron chi connectivity index (χ2n) is 33.8. The van der Waals surface area contributed by atoms with Crippen LogP contribution in [0.2, 0.25) is 0 Å². The van der Waals surface area contributed by atoms with E-state index in [9.17, 15) is 116 Å². The van der Waals surface area contributed by atoms with Crippen LogP contribution in [0.5, 0.6) is 0 Å². The van der Waals surface area contributed by atoms with Crippen molar-refractivity contribution in [3.63, 3.8) is 0 Å². The molecule has 0 radical (unpaired) electrons. The Morgan fingerprint density at radius 2 is 0.870 bits per heavy atom. The van der Waals surface area contributed by atoms with Crippen LogP contribution in [0.25, 0.3) is 0 Å². The summed E-state index contributed by atoms with van der Waals surface area (Å²) in [6.07, 6.45) is -18.1. The number of allylic oxidation sites excluding steroid dienone is 3. The number of aliphatic hydroxyl groups is 18. The minimum atomic E-state index is -3.44. The molecule has 22 N–H and O–H groups in total. The fourth-order valence-corrected chi connectivity index (χ4v) is 16.5. The highest BCUT2D eigenvalue weighted by molar-refractivity contribution is 5.77. The molecule has 12 unspecified atom stereocenters. The molecule has 0 aliphatic carbocycles. The van der Waals surface area contributed by atoms with E-state index in [4.69, 9.17) is 56.8 Å². The van der Waals surface area contributed by atoms with Crippen molar-refractivity contribution >= 4 is 23.7 Å². The number of carboxylic acid groups (broad SMARTS) is 1. The van der Waals surface area contributed by atoms with Crippen LogP contribution in [-0.2, 0) is 76.0 Å². The van der Waals surface area contributed by atoms with Gasteiger partial charge in [-0.3, -0.25) is 14.4 Å². The Morgan fingerprint density at radius 1 is 0.439 bits per heavy atom. The van der Waals surface area contributed by atoms with Crippen LogP contribution in [0.3, 0.4) is 0 Å². The summed E-state index contributed by atoms with van der Waals surface area (Å²) in [5, 5.41) is 222. The lowest BCUT2D eigenvalue weighted by atomic mass is 9.88. The van der Waals surface area contributed by atoms with Gasteiger partial charge in [-0.05, 0) is 51.9 Å². The molecule has 6 aliphatic rings. The highest BCUT2D eigenvalue weighted by atomic mass is 16.8. The number of carboxylic acids is 1. The highest BCUT2D eigenvalue weighted by Crippen LogP contribution is 2.42. The second-order valence-corrected chi connectivity index (χ2v) is 33.8. The van der Waals surface area contributed by atoms with Crippen LogP contribution >= 0.6 is 0 Å². The first kappa shape index (κ1) is 108. The molecular weight excluding hydrogens is 1620 g/mol. The van der Waals surface area contributed by atoms with Gasteiger partial charge >= 0.3 is 5.97 Å². The molecule has 0 bridgehead atoms. The predicted octanol–water partition coefficient (Wildman–Crippen LogP) is -0.0740. The predicted molar refractivity (Wildman–Crippen MR) is 437 cm³/mol. The lowest BCUT2D eigenvalue weighted by Crippen LogP contribution is -2.72. The number of unbranched alkanes of at least 4 members (excludes halogenated alkanes) is 28. The van der Waals surface area contributed by atoms with Crippen LogP contribution in [0.15, 0.2) is 24.3 Å². The summed E-state index contributed by atoms with van der Waals surface area (Å²) in [6, 6.07) is -4.99. The molecule has 0 saturated carbocycles. The Morgan fingerprint density at radius 3 is 1.39 bits per heavy atom. The van der Waals surface area contributed by atoms with Crippen LogP contribution in [0.4, 0.5) is 0 Å². The maximum absolute atomic E-state index is 14.0. The van der Waals surface area contributed by atoms with Crippen molar-refractivity contribution in [2.75, 3.05) is 39.6 Å². The van der Waals surface area contributed by atoms with Gasteiger partial charge in [-0.1, -0.05) is 192 Å². The molecule has 6 fully saturated rings. The minimum absolute atomic E-state index is 0.114. The van der Waals surface area contributed by atoms with E-state index in [1.165, 1.54) is 129 Å². The maximum atomic E-state index is 14.0. The minimum Gasteiger partial charge on any atom is -0.477 e. The van der Waals surface area contributed by atoms with Gasteiger partial charge in [-0.2, -0.15) is 0 Å². The number of aliphatic hydroxyl groups excluding tert-OH is 18. The Bertz CT molecular complexity index is 2980. The molecule has 0 aromatic heterocycles. The molecule has 38 nitrogen and oxygen atoms in total. The summed E-state index contributed by atoms with van der Waals surface area (Å²) in [6.45, 7) is 1.28. The topological polar surface area (TPSA) is 600 Å². The van der Waals surface area contributed by atoms with Crippen LogP contribution in [0, 0.1) is 0 Å². The Kier molecular flexibility index (Phi) is 50.3. The fourth-order valence-electron chi connectivity index (χ4n) is 16.5. The van der Waals surface area contributed by atoms with E-state index in [0.29, 0.717) is 12.8 Å². The SMILES string of the molecule is CCCCCCCC/C=C\CCCCCCCCCCCCCC(=O)N[C@@H](CO[C@@H]1OC(CO)[C@@H](O[C@@H]2OC(CO)[C@H](O[C@@H]3OC(CO)[C@H](O)[C@H](O[C@@H]4OC(CO)[C@H](O)[C@H](O)C4O[C@H]4OC(C)[C@@H](O)C(O)[C@@H]4O)C3NC(C)=O)[C@H](O[C@]3(C(=O)O)CC(O)[C@@H](NC(C)=O)C([C@H](O)[C@H](O)CO)O3)C2O)[C@H](O)C1O)[C@H](O)/C=C/CCCCCCCCCCCCC. The third kappa shape index (κ3) is 33.5. The molecule has 0 aromatic rings. The number of amides is 3. The number of rotatable bonds is 59. The van der Waals surface area contributed by atoms with Crippen LogP contribution in [-0.4, -0.2) is 362 Å². The van der Waals surface area contributed by atoms with Gasteiger partial charge in [0.25, 0.3) is 5.79 Å². The molecule has 6 rings (SSSR count). The van der Waals surface area contributed by atoms with E-state index < -0.39 is 272 Å². The molecule has 6 heterocycles. The van der Waals surface area contributed by atoms with Gasteiger partial charge in [-0.25, -0.2) is 4.79 Å². The Labute approximate surface area is 722 Å². The molecule has 0 spiro atoms. The van der Waals surface area contributed by atoms with Crippen molar-refractivity contribution in [2.24, 2.45) is 0 Å². The van der Waals surface area contributed by atoms with Gasteiger partial charge in [0.1, 0.15) is 134 Å². The number of aliphatic carboxylic acids is 1. The smallest absolute Gasteiger partial charge is 0.364 e. The summed E-state index contributed by atoms with van der Waals surface area (Å²) >= 11 is 0. The van der Waals surface area contributed by atoms with E-state index in [1.807, 2.05) is 0 Å². The molecule has 38 heteroatoms.